The molecule has 1 atom stereocenters. The lowest BCUT2D eigenvalue weighted by Gasteiger charge is -2.30. The second-order valence-corrected chi connectivity index (χ2v) is 7.39. The Morgan fingerprint density at radius 2 is 2.12 bits per heavy atom. The molecule has 4 heterocycles. The first-order valence-electron chi connectivity index (χ1n) is 9.00. The lowest BCUT2D eigenvalue weighted by molar-refractivity contribution is 0.0996. The summed E-state index contributed by atoms with van der Waals surface area (Å²) in [5.74, 6) is 1.36. The predicted molar refractivity (Wildman–Crippen MR) is 95.8 cm³/mol. The zero-order chi connectivity index (χ0) is 17.6. The van der Waals surface area contributed by atoms with Crippen molar-refractivity contribution in [2.75, 3.05) is 22.9 Å². The van der Waals surface area contributed by atoms with Crippen molar-refractivity contribution in [3.63, 3.8) is 0 Å². The van der Waals surface area contributed by atoms with Gasteiger partial charge >= 0.3 is 0 Å². The van der Waals surface area contributed by atoms with Gasteiger partial charge in [-0.15, -0.1) is 0 Å². The monoisotopic (exact) mass is 340 g/mol. The SMILES string of the molecule is CC1CCCN(c2ncc3c(n2)CN(c2cnn(C(C)C)c2)C3=O)C1. The van der Waals surface area contributed by atoms with Gasteiger partial charge < -0.3 is 4.90 Å². The Morgan fingerprint density at radius 1 is 1.28 bits per heavy atom. The minimum atomic E-state index is -0.0446. The van der Waals surface area contributed by atoms with Crippen molar-refractivity contribution in [2.45, 2.75) is 46.2 Å². The molecule has 2 aromatic rings. The van der Waals surface area contributed by atoms with Crippen LogP contribution < -0.4 is 9.80 Å². The van der Waals surface area contributed by atoms with Crippen LogP contribution in [0.1, 0.15) is 55.7 Å². The molecule has 7 heteroatoms. The van der Waals surface area contributed by atoms with E-state index in [9.17, 15) is 4.79 Å². The van der Waals surface area contributed by atoms with Gasteiger partial charge in [0.15, 0.2) is 0 Å². The van der Waals surface area contributed by atoms with Crippen LogP contribution in [0.2, 0.25) is 0 Å². The number of piperidine rings is 1. The number of carbonyl (C=O) groups is 1. The number of carbonyl (C=O) groups excluding carboxylic acids is 1. The van der Waals surface area contributed by atoms with Gasteiger partial charge in [0.25, 0.3) is 5.91 Å². The quantitative estimate of drug-likeness (QED) is 0.859. The van der Waals surface area contributed by atoms with E-state index in [-0.39, 0.29) is 11.9 Å². The molecule has 0 radical (unpaired) electrons. The van der Waals surface area contributed by atoms with Crippen LogP contribution in [0.5, 0.6) is 0 Å². The predicted octanol–water partition coefficient (Wildman–Crippen LogP) is 2.65. The first kappa shape index (κ1) is 16.1. The van der Waals surface area contributed by atoms with E-state index in [0.717, 1.165) is 30.4 Å². The van der Waals surface area contributed by atoms with E-state index in [1.165, 1.54) is 12.8 Å². The average Bonchev–Trinajstić information content (AvgIpc) is 3.20. The van der Waals surface area contributed by atoms with E-state index < -0.39 is 0 Å². The maximum atomic E-state index is 12.7. The van der Waals surface area contributed by atoms with Crippen LogP contribution in [-0.2, 0) is 6.54 Å². The number of amides is 1. The van der Waals surface area contributed by atoms with Crippen molar-refractivity contribution in [3.8, 4) is 0 Å². The molecular formula is C18H24N6O. The van der Waals surface area contributed by atoms with Gasteiger partial charge in [0.05, 0.1) is 29.7 Å². The molecule has 1 amide bonds. The molecule has 132 valence electrons. The summed E-state index contributed by atoms with van der Waals surface area (Å²) in [4.78, 5) is 25.8. The summed E-state index contributed by atoms with van der Waals surface area (Å²) in [7, 11) is 0. The average molecular weight is 340 g/mol. The number of anilines is 2. The fourth-order valence-corrected chi connectivity index (χ4v) is 3.55. The van der Waals surface area contributed by atoms with Crippen molar-refractivity contribution in [1.82, 2.24) is 19.7 Å². The molecule has 2 aromatic heterocycles. The van der Waals surface area contributed by atoms with Gasteiger partial charge in [0, 0.05) is 31.5 Å². The number of aromatic nitrogens is 4. The van der Waals surface area contributed by atoms with Crippen LogP contribution in [0, 0.1) is 5.92 Å². The van der Waals surface area contributed by atoms with Gasteiger partial charge in [-0.1, -0.05) is 6.92 Å². The molecule has 2 aliphatic rings. The van der Waals surface area contributed by atoms with Crippen LogP contribution >= 0.6 is 0 Å². The lowest BCUT2D eigenvalue weighted by atomic mass is 10.0. The highest BCUT2D eigenvalue weighted by Crippen LogP contribution is 2.29. The fourth-order valence-electron chi connectivity index (χ4n) is 3.55. The van der Waals surface area contributed by atoms with E-state index in [0.29, 0.717) is 18.0 Å². The Hall–Kier alpha value is -2.44. The molecular weight excluding hydrogens is 316 g/mol. The Bertz CT molecular complexity index is 799. The highest BCUT2D eigenvalue weighted by Gasteiger charge is 2.32. The Kier molecular flexibility index (Phi) is 3.94. The summed E-state index contributed by atoms with van der Waals surface area (Å²) in [5, 5.41) is 4.34. The molecule has 0 spiro atoms. The molecule has 1 unspecified atom stereocenters. The van der Waals surface area contributed by atoms with Crippen LogP contribution in [0.3, 0.4) is 0 Å². The molecule has 0 aliphatic carbocycles. The minimum absolute atomic E-state index is 0.0446. The molecule has 4 rings (SSSR count). The molecule has 0 bridgehead atoms. The third-order valence-corrected chi connectivity index (χ3v) is 5.01. The molecule has 7 nitrogen and oxygen atoms in total. The summed E-state index contributed by atoms with van der Waals surface area (Å²) in [6.07, 6.45) is 7.76. The van der Waals surface area contributed by atoms with Crippen molar-refractivity contribution < 1.29 is 4.79 Å². The second kappa shape index (κ2) is 6.13. The number of rotatable bonds is 3. The first-order chi connectivity index (χ1) is 12.0. The van der Waals surface area contributed by atoms with E-state index in [4.69, 9.17) is 4.98 Å². The topological polar surface area (TPSA) is 67.2 Å². The van der Waals surface area contributed by atoms with E-state index >= 15 is 0 Å². The van der Waals surface area contributed by atoms with Gasteiger partial charge in [-0.3, -0.25) is 14.4 Å². The van der Waals surface area contributed by atoms with Gasteiger partial charge in [-0.05, 0) is 32.6 Å². The minimum Gasteiger partial charge on any atom is -0.341 e. The first-order valence-corrected chi connectivity index (χ1v) is 9.00. The fraction of sp³-hybridized carbons (Fsp3) is 0.556. The van der Waals surface area contributed by atoms with Gasteiger partial charge in [0.2, 0.25) is 5.95 Å². The van der Waals surface area contributed by atoms with Gasteiger partial charge in [0.1, 0.15) is 0 Å². The summed E-state index contributed by atoms with van der Waals surface area (Å²) < 4.78 is 1.86. The lowest BCUT2D eigenvalue weighted by Crippen LogP contribution is -2.35. The molecule has 0 saturated carbocycles. The van der Waals surface area contributed by atoms with E-state index in [1.54, 1.807) is 17.3 Å². The molecule has 2 aliphatic heterocycles. The Labute approximate surface area is 147 Å². The molecule has 1 fully saturated rings. The maximum absolute atomic E-state index is 12.7. The third kappa shape index (κ3) is 2.88. The van der Waals surface area contributed by atoms with Gasteiger partial charge in [-0.25, -0.2) is 9.97 Å². The number of hydrogen-bond donors (Lipinski definition) is 0. The summed E-state index contributed by atoms with van der Waals surface area (Å²) in [6.45, 7) is 8.84. The van der Waals surface area contributed by atoms with Gasteiger partial charge in [-0.2, -0.15) is 5.10 Å². The van der Waals surface area contributed by atoms with E-state index in [1.807, 2.05) is 10.9 Å². The number of fused-ring (bicyclic) bond motifs is 1. The summed E-state index contributed by atoms with van der Waals surface area (Å²) >= 11 is 0. The Morgan fingerprint density at radius 3 is 2.84 bits per heavy atom. The number of nitrogens with zero attached hydrogens (tertiary/aromatic N) is 6. The summed E-state index contributed by atoms with van der Waals surface area (Å²) in [5.41, 5.74) is 2.22. The van der Waals surface area contributed by atoms with Crippen molar-refractivity contribution in [3.05, 3.63) is 29.8 Å². The van der Waals surface area contributed by atoms with Crippen LogP contribution in [0.4, 0.5) is 11.6 Å². The van der Waals surface area contributed by atoms with Crippen molar-refractivity contribution >= 4 is 17.5 Å². The van der Waals surface area contributed by atoms with E-state index in [2.05, 4.69) is 35.8 Å². The summed E-state index contributed by atoms with van der Waals surface area (Å²) in [6, 6.07) is 0.265. The third-order valence-electron chi connectivity index (χ3n) is 5.01. The van der Waals surface area contributed by atoms with Crippen molar-refractivity contribution in [1.29, 1.82) is 0 Å². The highest BCUT2D eigenvalue weighted by molar-refractivity contribution is 6.09. The van der Waals surface area contributed by atoms with Crippen LogP contribution in [0.25, 0.3) is 0 Å². The molecule has 0 aromatic carbocycles. The molecule has 0 N–H and O–H groups in total. The molecule has 25 heavy (non-hydrogen) atoms. The normalized spacial score (nSPS) is 20.5. The standard InChI is InChI=1S/C18H24N6O/c1-12(2)24-10-14(7-20-24)23-11-16-15(17(23)25)8-19-18(21-16)22-6-4-5-13(3)9-22/h7-8,10,12-13H,4-6,9,11H2,1-3H3. The van der Waals surface area contributed by atoms with Crippen LogP contribution in [-0.4, -0.2) is 38.7 Å². The highest BCUT2D eigenvalue weighted by atomic mass is 16.2. The Balaban J connectivity index is 1.58. The largest absolute Gasteiger partial charge is 0.341 e. The smallest absolute Gasteiger partial charge is 0.262 e. The number of hydrogen-bond acceptors (Lipinski definition) is 5. The zero-order valence-electron chi connectivity index (χ0n) is 15.0. The maximum Gasteiger partial charge on any atom is 0.262 e. The van der Waals surface area contributed by atoms with Crippen molar-refractivity contribution in [2.24, 2.45) is 5.92 Å². The second-order valence-electron chi connectivity index (χ2n) is 7.39. The van der Waals surface area contributed by atoms with Crippen LogP contribution in [0.15, 0.2) is 18.6 Å². The zero-order valence-corrected chi connectivity index (χ0v) is 15.0. The molecule has 1 saturated heterocycles.